The van der Waals surface area contributed by atoms with E-state index >= 15 is 0 Å². The standard InChI is InChI=1S/C15H24ClN3O2.HI/c1-17-15(18-8-5-9-20-2)19-11-14(21-3)12-6-4-7-13(16)10-12;/h4,6-7,10,14H,5,8-9,11H2,1-3H3,(H2,17,18,19);1H. The molecule has 22 heavy (non-hydrogen) atoms. The third-order valence-electron chi connectivity index (χ3n) is 3.00. The Bertz CT molecular complexity index is 447. The van der Waals surface area contributed by atoms with Gasteiger partial charge >= 0.3 is 0 Å². The lowest BCUT2D eigenvalue weighted by atomic mass is 10.1. The molecule has 0 heterocycles. The highest BCUT2D eigenvalue weighted by Crippen LogP contribution is 2.19. The van der Waals surface area contributed by atoms with Gasteiger partial charge in [-0.15, -0.1) is 24.0 Å². The van der Waals surface area contributed by atoms with Crippen molar-refractivity contribution in [3.63, 3.8) is 0 Å². The molecule has 0 spiro atoms. The highest BCUT2D eigenvalue weighted by molar-refractivity contribution is 14.0. The summed E-state index contributed by atoms with van der Waals surface area (Å²) in [6, 6.07) is 7.67. The van der Waals surface area contributed by atoms with Crippen molar-refractivity contribution in [3.05, 3.63) is 34.9 Å². The van der Waals surface area contributed by atoms with Crippen molar-refractivity contribution in [2.24, 2.45) is 4.99 Å². The third kappa shape index (κ3) is 8.17. The minimum Gasteiger partial charge on any atom is -0.385 e. The van der Waals surface area contributed by atoms with E-state index < -0.39 is 0 Å². The molecule has 1 rings (SSSR count). The monoisotopic (exact) mass is 441 g/mol. The Kier molecular flexibility index (Phi) is 12.6. The smallest absolute Gasteiger partial charge is 0.191 e. The van der Waals surface area contributed by atoms with Gasteiger partial charge in [-0.05, 0) is 24.1 Å². The number of nitrogens with zero attached hydrogens (tertiary/aromatic N) is 1. The Morgan fingerprint density at radius 1 is 1.32 bits per heavy atom. The summed E-state index contributed by atoms with van der Waals surface area (Å²) >= 11 is 6.01. The molecule has 7 heteroatoms. The molecule has 0 fully saturated rings. The fraction of sp³-hybridized carbons (Fsp3) is 0.533. The highest BCUT2D eigenvalue weighted by Gasteiger charge is 2.11. The van der Waals surface area contributed by atoms with Gasteiger partial charge in [0.25, 0.3) is 0 Å². The topological polar surface area (TPSA) is 54.9 Å². The zero-order valence-electron chi connectivity index (χ0n) is 13.3. The maximum atomic E-state index is 6.01. The van der Waals surface area contributed by atoms with Gasteiger partial charge in [0, 0.05) is 46.0 Å². The average Bonchev–Trinajstić information content (AvgIpc) is 2.50. The maximum absolute atomic E-state index is 6.01. The van der Waals surface area contributed by atoms with E-state index in [-0.39, 0.29) is 30.1 Å². The first-order chi connectivity index (χ1) is 10.2. The van der Waals surface area contributed by atoms with Gasteiger partial charge in [0.15, 0.2) is 5.96 Å². The lowest BCUT2D eigenvalue weighted by Crippen LogP contribution is -2.40. The number of ether oxygens (including phenoxy) is 2. The molecule has 1 aromatic carbocycles. The molecule has 0 amide bonds. The molecule has 1 atom stereocenters. The normalized spacial score (nSPS) is 12.5. The Hall–Kier alpha value is -0.570. The number of hydrogen-bond donors (Lipinski definition) is 2. The molecule has 2 N–H and O–H groups in total. The Labute approximate surface area is 154 Å². The Balaban J connectivity index is 0.00000441. The van der Waals surface area contributed by atoms with Crippen LogP contribution in [0.2, 0.25) is 5.02 Å². The summed E-state index contributed by atoms with van der Waals surface area (Å²) in [5.74, 6) is 0.746. The van der Waals surface area contributed by atoms with E-state index in [1.807, 2.05) is 24.3 Å². The minimum atomic E-state index is -0.0822. The molecule has 0 bridgehead atoms. The van der Waals surface area contributed by atoms with Crippen LogP contribution < -0.4 is 10.6 Å². The van der Waals surface area contributed by atoms with E-state index in [9.17, 15) is 0 Å². The molecule has 126 valence electrons. The van der Waals surface area contributed by atoms with Crippen LogP contribution in [-0.4, -0.2) is 46.9 Å². The first kappa shape index (κ1) is 21.4. The largest absolute Gasteiger partial charge is 0.385 e. The van der Waals surface area contributed by atoms with E-state index in [4.69, 9.17) is 21.1 Å². The Morgan fingerprint density at radius 2 is 2.09 bits per heavy atom. The van der Waals surface area contributed by atoms with Gasteiger partial charge in [-0.2, -0.15) is 0 Å². The molecule has 0 saturated carbocycles. The van der Waals surface area contributed by atoms with Crippen LogP contribution in [0.1, 0.15) is 18.1 Å². The van der Waals surface area contributed by atoms with E-state index in [0.717, 1.165) is 31.1 Å². The number of rotatable bonds is 8. The van der Waals surface area contributed by atoms with Gasteiger partial charge in [-0.25, -0.2) is 0 Å². The molecule has 1 aromatic rings. The lowest BCUT2D eigenvalue weighted by molar-refractivity contribution is 0.106. The number of nitrogens with one attached hydrogen (secondary N) is 2. The second-order valence-corrected chi connectivity index (χ2v) is 4.94. The van der Waals surface area contributed by atoms with Crippen molar-refractivity contribution >= 4 is 41.5 Å². The first-order valence-electron chi connectivity index (χ1n) is 6.93. The number of hydrogen-bond acceptors (Lipinski definition) is 3. The van der Waals surface area contributed by atoms with Crippen LogP contribution in [0.5, 0.6) is 0 Å². The summed E-state index contributed by atoms with van der Waals surface area (Å²) in [5, 5.41) is 7.17. The van der Waals surface area contributed by atoms with Gasteiger partial charge in [-0.3, -0.25) is 4.99 Å². The van der Waals surface area contributed by atoms with Gasteiger partial charge in [0.05, 0.1) is 6.10 Å². The average molecular weight is 442 g/mol. The van der Waals surface area contributed by atoms with E-state index in [1.54, 1.807) is 21.3 Å². The molecule has 0 aliphatic heterocycles. The molecule has 5 nitrogen and oxygen atoms in total. The summed E-state index contributed by atoms with van der Waals surface area (Å²) in [6.45, 7) is 2.15. The SMILES string of the molecule is CN=C(NCCCOC)NCC(OC)c1cccc(Cl)c1.I. The summed E-state index contributed by atoms with van der Waals surface area (Å²) in [6.07, 6.45) is 0.848. The van der Waals surface area contributed by atoms with E-state index in [2.05, 4.69) is 15.6 Å². The van der Waals surface area contributed by atoms with Crippen LogP contribution in [0.25, 0.3) is 0 Å². The number of aliphatic imine (C=N–C) groups is 1. The van der Waals surface area contributed by atoms with Crippen LogP contribution in [0.15, 0.2) is 29.3 Å². The van der Waals surface area contributed by atoms with E-state index in [1.165, 1.54) is 0 Å². The minimum absolute atomic E-state index is 0. The summed E-state index contributed by atoms with van der Waals surface area (Å²) in [5.41, 5.74) is 1.03. The highest BCUT2D eigenvalue weighted by atomic mass is 127. The predicted molar refractivity (Wildman–Crippen MR) is 102 cm³/mol. The van der Waals surface area contributed by atoms with E-state index in [0.29, 0.717) is 11.6 Å². The van der Waals surface area contributed by atoms with Gasteiger partial charge in [0.2, 0.25) is 0 Å². The second-order valence-electron chi connectivity index (χ2n) is 4.51. The van der Waals surface area contributed by atoms with Crippen molar-refractivity contribution in [1.29, 1.82) is 0 Å². The van der Waals surface area contributed by atoms with Crippen molar-refractivity contribution in [2.45, 2.75) is 12.5 Å². The quantitative estimate of drug-likeness (QED) is 0.282. The second kappa shape index (κ2) is 12.9. The van der Waals surface area contributed by atoms with Crippen LogP contribution in [0.4, 0.5) is 0 Å². The molecule has 0 aromatic heterocycles. The molecular formula is C15H25ClIN3O2. The molecular weight excluding hydrogens is 417 g/mol. The molecule has 0 aliphatic rings. The van der Waals surface area contributed by atoms with Gasteiger partial charge in [-0.1, -0.05) is 23.7 Å². The zero-order valence-corrected chi connectivity index (χ0v) is 16.4. The van der Waals surface area contributed by atoms with Crippen molar-refractivity contribution < 1.29 is 9.47 Å². The number of halogens is 2. The fourth-order valence-electron chi connectivity index (χ4n) is 1.88. The summed E-state index contributed by atoms with van der Waals surface area (Å²) < 4.78 is 10.5. The van der Waals surface area contributed by atoms with Crippen LogP contribution in [0, 0.1) is 0 Å². The van der Waals surface area contributed by atoms with Gasteiger partial charge < -0.3 is 20.1 Å². The third-order valence-corrected chi connectivity index (χ3v) is 3.24. The van der Waals surface area contributed by atoms with Crippen molar-refractivity contribution in [3.8, 4) is 0 Å². The first-order valence-corrected chi connectivity index (χ1v) is 7.30. The number of methoxy groups -OCH3 is 2. The summed E-state index contributed by atoms with van der Waals surface area (Å²) in [7, 11) is 5.12. The van der Waals surface area contributed by atoms with Crippen LogP contribution in [-0.2, 0) is 9.47 Å². The fourth-order valence-corrected chi connectivity index (χ4v) is 2.08. The maximum Gasteiger partial charge on any atom is 0.191 e. The number of benzene rings is 1. The van der Waals surface area contributed by atoms with Crippen LogP contribution >= 0.6 is 35.6 Å². The van der Waals surface area contributed by atoms with Crippen molar-refractivity contribution in [2.75, 3.05) is 41.0 Å². The molecule has 1 unspecified atom stereocenters. The van der Waals surface area contributed by atoms with Crippen molar-refractivity contribution in [1.82, 2.24) is 10.6 Å². The number of guanidine groups is 1. The molecule has 0 radical (unpaired) electrons. The van der Waals surface area contributed by atoms with Crippen LogP contribution in [0.3, 0.4) is 0 Å². The van der Waals surface area contributed by atoms with Gasteiger partial charge in [0.1, 0.15) is 0 Å². The molecule has 0 aliphatic carbocycles. The molecule has 0 saturated heterocycles. The lowest BCUT2D eigenvalue weighted by Gasteiger charge is -2.19. The Morgan fingerprint density at radius 3 is 2.68 bits per heavy atom. The summed E-state index contributed by atoms with van der Waals surface area (Å²) in [4.78, 5) is 4.18. The predicted octanol–water partition coefficient (Wildman–Crippen LogP) is 2.85. The zero-order chi connectivity index (χ0) is 15.5.